The fraction of sp³-hybridized carbons (Fsp3) is 0.190. The molecule has 0 amide bonds. The van der Waals surface area contributed by atoms with Gasteiger partial charge in [0.05, 0.1) is 17.3 Å². The molecule has 0 spiro atoms. The first kappa shape index (κ1) is 17.7. The monoisotopic (exact) mass is 404 g/mol. The molecule has 0 fully saturated rings. The van der Waals surface area contributed by atoms with Crippen molar-refractivity contribution in [2.45, 2.75) is 12.8 Å². The van der Waals surface area contributed by atoms with Crippen LogP contribution in [0.4, 0.5) is 28.1 Å². The second kappa shape index (κ2) is 7.21. The number of para-hydroxylation sites is 1. The van der Waals surface area contributed by atoms with Crippen LogP contribution in [-0.2, 0) is 6.42 Å². The van der Waals surface area contributed by atoms with Crippen LogP contribution in [0.15, 0.2) is 48.8 Å². The number of aryl methyl sites for hydroxylation is 1. The number of anilines is 5. The molecule has 0 bridgehead atoms. The smallest absolute Gasteiger partial charge is 0.189 e. The zero-order chi connectivity index (χ0) is 19.8. The Morgan fingerprint density at radius 1 is 1.17 bits per heavy atom. The summed E-state index contributed by atoms with van der Waals surface area (Å²) >= 11 is 1.53. The summed E-state index contributed by atoms with van der Waals surface area (Å²) in [5.74, 6) is 2.09. The predicted octanol–water partition coefficient (Wildman–Crippen LogP) is 4.51. The highest BCUT2D eigenvalue weighted by Gasteiger charge is 2.22. The first-order chi connectivity index (χ1) is 14.2. The van der Waals surface area contributed by atoms with Gasteiger partial charge in [-0.25, -0.2) is 15.0 Å². The van der Waals surface area contributed by atoms with Crippen LogP contribution < -0.4 is 20.7 Å². The first-order valence-electron chi connectivity index (χ1n) is 9.40. The van der Waals surface area contributed by atoms with Crippen molar-refractivity contribution >= 4 is 49.7 Å². The molecule has 0 radical (unpaired) electrons. The van der Waals surface area contributed by atoms with E-state index in [2.05, 4.69) is 43.4 Å². The average molecular weight is 404 g/mol. The third kappa shape index (κ3) is 3.21. The largest absolute Gasteiger partial charge is 0.497 e. The Labute approximate surface area is 172 Å². The van der Waals surface area contributed by atoms with E-state index in [1.807, 2.05) is 24.3 Å². The van der Waals surface area contributed by atoms with Crippen LogP contribution in [0.3, 0.4) is 0 Å². The third-order valence-corrected chi connectivity index (χ3v) is 5.98. The van der Waals surface area contributed by atoms with Crippen LogP contribution in [0.5, 0.6) is 5.75 Å². The van der Waals surface area contributed by atoms with E-state index in [1.54, 1.807) is 13.4 Å². The number of ether oxygens (including phenoxy) is 1. The average Bonchev–Trinajstić information content (AvgIpc) is 3.16. The van der Waals surface area contributed by atoms with Gasteiger partial charge < -0.3 is 20.7 Å². The van der Waals surface area contributed by atoms with Gasteiger partial charge in [-0.2, -0.15) is 0 Å². The second-order valence-electron chi connectivity index (χ2n) is 6.82. The molecule has 7 nitrogen and oxygen atoms in total. The Hall–Kier alpha value is -3.39. The number of aromatic nitrogens is 3. The molecule has 0 saturated heterocycles. The fourth-order valence-electron chi connectivity index (χ4n) is 3.64. The minimum atomic E-state index is 0.515. The summed E-state index contributed by atoms with van der Waals surface area (Å²) in [4.78, 5) is 15.6. The molecule has 1 aliphatic rings. The van der Waals surface area contributed by atoms with Gasteiger partial charge in [-0.1, -0.05) is 29.5 Å². The maximum Gasteiger partial charge on any atom is 0.189 e. The molecule has 4 aromatic rings. The summed E-state index contributed by atoms with van der Waals surface area (Å²) in [6, 6.07) is 14.2. The summed E-state index contributed by atoms with van der Waals surface area (Å²) in [5, 5.41) is 3.99. The Balaban J connectivity index is 1.49. The van der Waals surface area contributed by atoms with Crippen molar-refractivity contribution in [3.05, 3.63) is 54.4 Å². The van der Waals surface area contributed by atoms with E-state index in [1.165, 1.54) is 16.9 Å². The van der Waals surface area contributed by atoms with E-state index in [-0.39, 0.29) is 0 Å². The number of nitrogens with two attached hydrogens (primary N) is 1. The van der Waals surface area contributed by atoms with Crippen molar-refractivity contribution in [3.63, 3.8) is 0 Å². The number of rotatable bonds is 4. The lowest BCUT2D eigenvalue weighted by Crippen LogP contribution is -2.26. The highest BCUT2D eigenvalue weighted by Crippen LogP contribution is 2.38. The molecule has 2 aromatic carbocycles. The van der Waals surface area contributed by atoms with Gasteiger partial charge >= 0.3 is 0 Å². The molecule has 0 aliphatic carbocycles. The minimum absolute atomic E-state index is 0.515. The SMILES string of the molecule is COc1ccc2nc(Nc3ncnc(N4CCCc5ccccc54)c3N)sc2c1. The zero-order valence-electron chi connectivity index (χ0n) is 15.9. The molecular formula is C21H20N6OS. The van der Waals surface area contributed by atoms with Crippen molar-refractivity contribution in [2.75, 3.05) is 29.6 Å². The number of thiazole rings is 1. The Morgan fingerprint density at radius 2 is 2.07 bits per heavy atom. The van der Waals surface area contributed by atoms with E-state index in [0.717, 1.165) is 52.0 Å². The lowest BCUT2D eigenvalue weighted by Gasteiger charge is -2.31. The second-order valence-corrected chi connectivity index (χ2v) is 7.85. The lowest BCUT2D eigenvalue weighted by atomic mass is 10.0. The zero-order valence-corrected chi connectivity index (χ0v) is 16.7. The third-order valence-electron chi connectivity index (χ3n) is 5.05. The van der Waals surface area contributed by atoms with Gasteiger partial charge in [0.15, 0.2) is 16.8 Å². The van der Waals surface area contributed by atoms with Gasteiger partial charge in [0.1, 0.15) is 17.8 Å². The molecule has 5 rings (SSSR count). The normalized spacial score (nSPS) is 13.3. The number of hydrogen-bond acceptors (Lipinski definition) is 8. The predicted molar refractivity (Wildman–Crippen MR) is 118 cm³/mol. The lowest BCUT2D eigenvalue weighted by molar-refractivity contribution is 0.415. The molecule has 146 valence electrons. The summed E-state index contributed by atoms with van der Waals surface area (Å²) in [7, 11) is 1.66. The molecule has 3 N–H and O–H groups in total. The highest BCUT2D eigenvalue weighted by atomic mass is 32.1. The summed E-state index contributed by atoms with van der Waals surface area (Å²) < 4.78 is 6.32. The maximum absolute atomic E-state index is 6.49. The van der Waals surface area contributed by atoms with Crippen LogP contribution >= 0.6 is 11.3 Å². The maximum atomic E-state index is 6.49. The van der Waals surface area contributed by atoms with Gasteiger partial charge in [0, 0.05) is 12.2 Å². The van der Waals surface area contributed by atoms with Crippen LogP contribution in [0.2, 0.25) is 0 Å². The summed E-state index contributed by atoms with van der Waals surface area (Å²) in [6.07, 6.45) is 3.67. The van der Waals surface area contributed by atoms with E-state index < -0.39 is 0 Å². The number of methoxy groups -OCH3 is 1. The van der Waals surface area contributed by atoms with Gasteiger partial charge in [-0.3, -0.25) is 0 Å². The first-order valence-corrected chi connectivity index (χ1v) is 10.2. The van der Waals surface area contributed by atoms with E-state index in [0.29, 0.717) is 11.5 Å². The summed E-state index contributed by atoms with van der Waals surface area (Å²) in [6.45, 7) is 0.874. The van der Waals surface area contributed by atoms with Gasteiger partial charge in [0.25, 0.3) is 0 Å². The number of nitrogen functional groups attached to an aromatic ring is 1. The van der Waals surface area contributed by atoms with Crippen molar-refractivity contribution in [1.82, 2.24) is 15.0 Å². The van der Waals surface area contributed by atoms with E-state index in [4.69, 9.17) is 10.5 Å². The van der Waals surface area contributed by atoms with E-state index in [9.17, 15) is 0 Å². The number of hydrogen-bond donors (Lipinski definition) is 2. The van der Waals surface area contributed by atoms with Gasteiger partial charge in [-0.15, -0.1) is 0 Å². The topological polar surface area (TPSA) is 89.2 Å². The van der Waals surface area contributed by atoms with Crippen LogP contribution in [0, 0.1) is 0 Å². The van der Waals surface area contributed by atoms with Crippen molar-refractivity contribution in [2.24, 2.45) is 0 Å². The highest BCUT2D eigenvalue weighted by molar-refractivity contribution is 7.22. The standard InChI is InChI=1S/C21H20N6OS/c1-28-14-8-9-15-17(11-14)29-21(25-15)26-19-18(22)20(24-12-23-19)27-10-4-6-13-5-2-3-7-16(13)27/h2-3,5,7-9,11-12H,4,6,10,22H2,1H3,(H,23,24,25,26). The van der Waals surface area contributed by atoms with Crippen LogP contribution in [0.1, 0.15) is 12.0 Å². The fourth-order valence-corrected chi connectivity index (χ4v) is 4.53. The minimum Gasteiger partial charge on any atom is -0.497 e. The van der Waals surface area contributed by atoms with E-state index >= 15 is 0 Å². The molecule has 0 unspecified atom stereocenters. The number of fused-ring (bicyclic) bond motifs is 2. The van der Waals surface area contributed by atoms with Crippen LogP contribution in [0.25, 0.3) is 10.2 Å². The van der Waals surface area contributed by atoms with Crippen LogP contribution in [-0.4, -0.2) is 28.6 Å². The number of benzene rings is 2. The Morgan fingerprint density at radius 3 is 2.97 bits per heavy atom. The van der Waals surface area contributed by atoms with Crippen molar-refractivity contribution < 1.29 is 4.74 Å². The molecule has 3 heterocycles. The molecular weight excluding hydrogens is 384 g/mol. The molecule has 29 heavy (non-hydrogen) atoms. The van der Waals surface area contributed by atoms with Gasteiger partial charge in [-0.05, 0) is 42.7 Å². The molecule has 0 atom stereocenters. The quantitative estimate of drug-likeness (QED) is 0.517. The summed E-state index contributed by atoms with van der Waals surface area (Å²) in [5.41, 5.74) is 10.4. The van der Waals surface area contributed by atoms with Crippen molar-refractivity contribution in [1.29, 1.82) is 0 Å². The molecule has 8 heteroatoms. The molecule has 0 saturated carbocycles. The Kier molecular flexibility index (Phi) is 4.40. The number of nitrogens with one attached hydrogen (secondary N) is 1. The van der Waals surface area contributed by atoms with Gasteiger partial charge in [0.2, 0.25) is 0 Å². The molecule has 1 aliphatic heterocycles. The van der Waals surface area contributed by atoms with Crippen molar-refractivity contribution in [3.8, 4) is 5.75 Å². The molecule has 2 aromatic heterocycles. The number of nitrogens with zero attached hydrogens (tertiary/aromatic N) is 4. The Bertz CT molecular complexity index is 1190.